The maximum Gasteiger partial charge on any atom is 0.410 e. The molecule has 7 heteroatoms. The molecule has 2 N–H and O–H groups in total. The molecule has 0 aliphatic carbocycles. The third kappa shape index (κ3) is 6.93. The summed E-state index contributed by atoms with van der Waals surface area (Å²) in [5, 5.41) is 0. The lowest BCUT2D eigenvalue weighted by Gasteiger charge is -2.28. The molecule has 0 aromatic rings. The molecule has 0 aromatic carbocycles. The second-order valence-electron chi connectivity index (χ2n) is 5.90. The van der Waals surface area contributed by atoms with Crippen LogP contribution in [0.3, 0.4) is 0 Å². The van der Waals surface area contributed by atoms with Crippen LogP contribution in [0.5, 0.6) is 0 Å². The Morgan fingerprint density at radius 3 is 2.52 bits per heavy atom. The summed E-state index contributed by atoms with van der Waals surface area (Å²) in [6, 6.07) is 0. The van der Waals surface area contributed by atoms with E-state index in [-0.39, 0.29) is 6.09 Å². The number of nitrogens with two attached hydrogens (primary N) is 1. The van der Waals surface area contributed by atoms with Crippen LogP contribution < -0.4 is 5.73 Å². The highest BCUT2D eigenvalue weighted by Crippen LogP contribution is 2.10. The van der Waals surface area contributed by atoms with E-state index in [2.05, 4.69) is 9.89 Å². The van der Waals surface area contributed by atoms with Crippen molar-refractivity contribution in [3.63, 3.8) is 0 Å². The smallest absolute Gasteiger partial charge is 0.410 e. The lowest BCUT2D eigenvalue weighted by molar-refractivity contribution is 0.0266. The van der Waals surface area contributed by atoms with Gasteiger partial charge in [0.15, 0.2) is 5.96 Å². The number of aliphatic imine (C=N–C) groups is 1. The number of hydrogen-bond donors (Lipinski definition) is 1. The maximum atomic E-state index is 12.0. The van der Waals surface area contributed by atoms with Crippen molar-refractivity contribution in [1.29, 1.82) is 0 Å². The summed E-state index contributed by atoms with van der Waals surface area (Å²) < 4.78 is 5.36. The van der Waals surface area contributed by atoms with Gasteiger partial charge in [-0.05, 0) is 27.7 Å². The van der Waals surface area contributed by atoms with Crippen LogP contribution in [0.25, 0.3) is 0 Å². The van der Waals surface area contributed by atoms with E-state index in [1.165, 1.54) is 0 Å². The van der Waals surface area contributed by atoms with Crippen LogP contribution in [0, 0.1) is 0 Å². The topological polar surface area (TPSA) is 71.2 Å². The summed E-state index contributed by atoms with van der Waals surface area (Å²) in [7, 11) is 0. The Hall–Kier alpha value is -1.11. The van der Waals surface area contributed by atoms with Gasteiger partial charge in [-0.2, -0.15) is 11.8 Å². The molecule has 0 aromatic heterocycles. The number of nitrogens with zero attached hydrogens (tertiary/aromatic N) is 3. The van der Waals surface area contributed by atoms with Crippen LogP contribution in [-0.4, -0.2) is 71.7 Å². The molecule has 1 heterocycles. The fourth-order valence-corrected chi connectivity index (χ4v) is 2.79. The third-order valence-electron chi connectivity index (χ3n) is 3.01. The Bertz CT molecular complexity index is 362. The van der Waals surface area contributed by atoms with Crippen LogP contribution in [0.1, 0.15) is 27.7 Å². The highest BCUT2D eigenvalue weighted by atomic mass is 32.2. The number of thioether (sulfide) groups is 1. The van der Waals surface area contributed by atoms with Gasteiger partial charge in [0.05, 0.1) is 6.54 Å². The van der Waals surface area contributed by atoms with Gasteiger partial charge in [0.2, 0.25) is 0 Å². The highest BCUT2D eigenvalue weighted by molar-refractivity contribution is 7.99. The molecular formula is C14H28N4O2S. The Labute approximate surface area is 132 Å². The van der Waals surface area contributed by atoms with Crippen molar-refractivity contribution in [2.24, 2.45) is 10.7 Å². The number of hydrogen-bond acceptors (Lipinski definition) is 4. The first-order valence-electron chi connectivity index (χ1n) is 7.44. The number of amides is 1. The molecule has 0 radical (unpaired) electrons. The van der Waals surface area contributed by atoms with Crippen molar-refractivity contribution < 1.29 is 9.53 Å². The minimum Gasteiger partial charge on any atom is -0.444 e. The lowest BCUT2D eigenvalue weighted by atomic mass is 10.2. The van der Waals surface area contributed by atoms with Crippen LogP contribution in [0.15, 0.2) is 4.99 Å². The van der Waals surface area contributed by atoms with E-state index in [4.69, 9.17) is 10.5 Å². The van der Waals surface area contributed by atoms with Gasteiger partial charge in [0, 0.05) is 37.7 Å². The van der Waals surface area contributed by atoms with Gasteiger partial charge >= 0.3 is 6.09 Å². The summed E-state index contributed by atoms with van der Waals surface area (Å²) >= 11 is 1.94. The van der Waals surface area contributed by atoms with Crippen molar-refractivity contribution in [3.05, 3.63) is 0 Å². The molecule has 0 unspecified atom stereocenters. The van der Waals surface area contributed by atoms with E-state index in [9.17, 15) is 4.79 Å². The van der Waals surface area contributed by atoms with E-state index in [1.807, 2.05) is 39.5 Å². The van der Waals surface area contributed by atoms with Gasteiger partial charge in [0.1, 0.15) is 5.60 Å². The van der Waals surface area contributed by atoms with Crippen molar-refractivity contribution in [2.75, 3.05) is 44.2 Å². The molecule has 1 amide bonds. The van der Waals surface area contributed by atoms with E-state index in [0.29, 0.717) is 25.6 Å². The zero-order chi connectivity index (χ0) is 15.9. The average molecular weight is 316 g/mol. The fraction of sp³-hybridized carbons (Fsp3) is 0.857. The molecule has 0 bridgehead atoms. The Kier molecular flexibility index (Phi) is 7.14. The molecule has 0 saturated carbocycles. The lowest BCUT2D eigenvalue weighted by Crippen LogP contribution is -2.43. The quantitative estimate of drug-likeness (QED) is 0.630. The predicted molar refractivity (Wildman–Crippen MR) is 88.9 cm³/mol. The van der Waals surface area contributed by atoms with Crippen LogP contribution >= 0.6 is 11.8 Å². The van der Waals surface area contributed by atoms with Crippen molar-refractivity contribution in [3.8, 4) is 0 Å². The maximum absolute atomic E-state index is 12.0. The summed E-state index contributed by atoms with van der Waals surface area (Å²) in [4.78, 5) is 20.1. The highest BCUT2D eigenvalue weighted by Gasteiger charge is 2.20. The summed E-state index contributed by atoms with van der Waals surface area (Å²) in [5.41, 5.74) is 5.51. The van der Waals surface area contributed by atoms with E-state index in [0.717, 1.165) is 24.6 Å². The molecule has 1 saturated heterocycles. The van der Waals surface area contributed by atoms with Gasteiger partial charge in [0.25, 0.3) is 0 Å². The first kappa shape index (κ1) is 17.9. The van der Waals surface area contributed by atoms with Gasteiger partial charge in [-0.3, -0.25) is 4.99 Å². The van der Waals surface area contributed by atoms with Gasteiger partial charge < -0.3 is 20.3 Å². The van der Waals surface area contributed by atoms with Crippen LogP contribution in [-0.2, 0) is 4.74 Å². The van der Waals surface area contributed by atoms with Gasteiger partial charge in [-0.15, -0.1) is 0 Å². The van der Waals surface area contributed by atoms with E-state index >= 15 is 0 Å². The minimum atomic E-state index is -0.474. The molecule has 1 fully saturated rings. The Balaban J connectivity index is 2.41. The van der Waals surface area contributed by atoms with E-state index in [1.54, 1.807) is 4.90 Å². The van der Waals surface area contributed by atoms with Gasteiger partial charge in [-0.1, -0.05) is 0 Å². The summed E-state index contributed by atoms with van der Waals surface area (Å²) in [6.45, 7) is 11.0. The standard InChI is InChI=1S/C14H28N4O2S/c1-5-17(13(19)20-14(2,3)4)7-6-16-12(15)18-8-10-21-11-9-18/h5-11H2,1-4H3,(H2,15,16). The summed E-state index contributed by atoms with van der Waals surface area (Å²) in [6.07, 6.45) is -0.298. The SMILES string of the molecule is CCN(CCN=C(N)N1CCSCC1)C(=O)OC(C)(C)C. The zero-order valence-electron chi connectivity index (χ0n) is 13.6. The molecule has 6 nitrogen and oxygen atoms in total. The van der Waals surface area contributed by atoms with Crippen molar-refractivity contribution in [1.82, 2.24) is 9.80 Å². The fourth-order valence-electron chi connectivity index (χ4n) is 1.88. The van der Waals surface area contributed by atoms with Crippen LogP contribution in [0.4, 0.5) is 4.79 Å². The number of carbonyl (C=O) groups excluding carboxylic acids is 1. The van der Waals surface area contributed by atoms with Crippen LogP contribution in [0.2, 0.25) is 0 Å². The number of likely N-dealkylation sites (N-methyl/N-ethyl adjacent to an activating group) is 1. The molecule has 1 aliphatic rings. The molecule has 0 spiro atoms. The molecule has 21 heavy (non-hydrogen) atoms. The van der Waals surface area contributed by atoms with Crippen molar-refractivity contribution >= 4 is 23.8 Å². The second-order valence-corrected chi connectivity index (χ2v) is 7.12. The average Bonchev–Trinajstić information content (AvgIpc) is 2.42. The number of carbonyl (C=O) groups is 1. The second kappa shape index (κ2) is 8.36. The Morgan fingerprint density at radius 1 is 1.38 bits per heavy atom. The molecule has 122 valence electrons. The summed E-state index contributed by atoms with van der Waals surface area (Å²) in [5.74, 6) is 2.76. The predicted octanol–water partition coefficient (Wildman–Crippen LogP) is 1.61. The van der Waals surface area contributed by atoms with E-state index < -0.39 is 5.60 Å². The first-order valence-corrected chi connectivity index (χ1v) is 8.59. The molecule has 0 atom stereocenters. The molecular weight excluding hydrogens is 288 g/mol. The Morgan fingerprint density at radius 2 is 2.00 bits per heavy atom. The third-order valence-corrected chi connectivity index (χ3v) is 3.95. The van der Waals surface area contributed by atoms with Crippen molar-refractivity contribution in [2.45, 2.75) is 33.3 Å². The number of guanidine groups is 1. The number of rotatable bonds is 4. The largest absolute Gasteiger partial charge is 0.444 e. The molecule has 1 rings (SSSR count). The van der Waals surface area contributed by atoms with Gasteiger partial charge in [-0.25, -0.2) is 4.79 Å². The normalized spacial score (nSPS) is 16.8. The first-order chi connectivity index (χ1) is 9.83. The monoisotopic (exact) mass is 316 g/mol. The minimum absolute atomic E-state index is 0.298. The zero-order valence-corrected chi connectivity index (χ0v) is 14.4. The molecule has 1 aliphatic heterocycles. The number of ether oxygens (including phenoxy) is 1.